The summed E-state index contributed by atoms with van der Waals surface area (Å²) in [5.74, 6) is 0.662. The second-order valence-electron chi connectivity index (χ2n) is 12.9. The molecule has 1 aliphatic carbocycles. The van der Waals surface area contributed by atoms with Crippen LogP contribution in [0.25, 0.3) is 0 Å². The quantitative estimate of drug-likeness (QED) is 0.324. The first-order valence-electron chi connectivity index (χ1n) is 16.0. The van der Waals surface area contributed by atoms with E-state index in [9.17, 15) is 18.5 Å². The lowest BCUT2D eigenvalue weighted by Crippen LogP contribution is -2.54. The minimum absolute atomic E-state index is 0.0200. The first kappa shape index (κ1) is 32.5. The number of nitrogens with one attached hydrogen (secondary N) is 1. The summed E-state index contributed by atoms with van der Waals surface area (Å²) in [5, 5.41) is 17.6. The van der Waals surface area contributed by atoms with Gasteiger partial charge in [-0.15, -0.1) is 0 Å². The van der Waals surface area contributed by atoms with E-state index in [0.29, 0.717) is 10.4 Å². The zero-order valence-electron chi connectivity index (χ0n) is 26.3. The average Bonchev–Trinajstić information content (AvgIpc) is 3.66. The number of likely N-dealkylation sites (tertiary alicyclic amines) is 1. The van der Waals surface area contributed by atoms with Gasteiger partial charge in [-0.2, -0.15) is 10.4 Å². The first-order chi connectivity index (χ1) is 22.1. The van der Waals surface area contributed by atoms with Crippen molar-refractivity contribution in [3.63, 3.8) is 0 Å². The molecule has 46 heavy (non-hydrogen) atoms. The van der Waals surface area contributed by atoms with E-state index in [2.05, 4.69) is 54.3 Å². The molecule has 1 amide bonds. The Hall–Kier alpha value is -3.40. The summed E-state index contributed by atoms with van der Waals surface area (Å²) in [7, 11) is -0.443. The number of aromatic nitrogens is 2. The Bertz CT molecular complexity index is 1680. The predicted octanol–water partition coefficient (Wildman–Crippen LogP) is 5.15. The van der Waals surface area contributed by atoms with Gasteiger partial charge in [0, 0.05) is 57.4 Å². The molecule has 3 unspecified atom stereocenters. The zero-order valence-corrected chi connectivity index (χ0v) is 28.7. The SMILES string of the molecule is CNC(=O)OC1CCCC1C(C#N)(c1ccccc1)C1CCN(CC2CN(c3ccc(S(=O)(=O)c4nn(C)cc4Br)cc3)C2)CC1. The minimum atomic E-state index is -3.71. The predicted molar refractivity (Wildman–Crippen MR) is 178 cm³/mol. The molecule has 3 atom stereocenters. The molecule has 6 rings (SSSR count). The molecule has 10 nitrogen and oxygen atoms in total. The minimum Gasteiger partial charge on any atom is -0.446 e. The van der Waals surface area contributed by atoms with Crippen molar-refractivity contribution in [1.82, 2.24) is 20.0 Å². The van der Waals surface area contributed by atoms with Gasteiger partial charge in [-0.25, -0.2) is 13.2 Å². The number of carbonyl (C=O) groups is 1. The number of aryl methyl sites for hydroxylation is 1. The summed E-state index contributed by atoms with van der Waals surface area (Å²) in [6.45, 7) is 4.71. The molecule has 1 N–H and O–H groups in total. The van der Waals surface area contributed by atoms with Crippen molar-refractivity contribution in [1.29, 1.82) is 5.26 Å². The largest absolute Gasteiger partial charge is 0.446 e. The van der Waals surface area contributed by atoms with Crippen molar-refractivity contribution in [2.75, 3.05) is 44.7 Å². The topological polar surface area (TPSA) is 121 Å². The van der Waals surface area contributed by atoms with Crippen LogP contribution in [0.15, 0.2) is 75.2 Å². The van der Waals surface area contributed by atoms with Crippen molar-refractivity contribution in [3.05, 3.63) is 70.8 Å². The molecular weight excluding hydrogens is 668 g/mol. The van der Waals surface area contributed by atoms with Crippen LogP contribution < -0.4 is 10.2 Å². The van der Waals surface area contributed by atoms with Gasteiger partial charge in [0.15, 0.2) is 5.03 Å². The molecule has 0 radical (unpaired) electrons. The number of rotatable bonds is 9. The molecule has 3 aromatic rings. The van der Waals surface area contributed by atoms with Crippen molar-refractivity contribution < 1.29 is 17.9 Å². The number of amides is 1. The van der Waals surface area contributed by atoms with Crippen LogP contribution in [0.4, 0.5) is 10.5 Å². The molecule has 2 aliphatic heterocycles. The van der Waals surface area contributed by atoms with E-state index in [1.807, 2.05) is 30.3 Å². The Morgan fingerprint density at radius 3 is 2.39 bits per heavy atom. The molecule has 3 aliphatic rings. The number of nitriles is 1. The lowest BCUT2D eigenvalue weighted by atomic mass is 9.59. The standard InChI is InChI=1S/C34H41BrN6O4S/c1-37-33(42)45-31-10-6-9-29(31)34(23-36,25-7-4-3-5-8-25)26-15-17-40(18-16-26)19-24-20-41(21-24)27-11-13-28(14-12-27)46(43,44)32-30(35)22-39(2)38-32/h3-5,7-8,11-14,22,24,26,29,31H,6,9-10,15-21H2,1-2H3,(H,37,42). The third kappa shape index (κ3) is 6.17. The number of sulfone groups is 1. The van der Waals surface area contributed by atoms with Gasteiger partial charge in [-0.3, -0.25) is 4.68 Å². The maximum atomic E-state index is 13.1. The number of anilines is 1. The van der Waals surface area contributed by atoms with E-state index in [4.69, 9.17) is 4.74 Å². The fourth-order valence-electron chi connectivity index (χ4n) is 7.89. The first-order valence-corrected chi connectivity index (χ1v) is 18.3. The van der Waals surface area contributed by atoms with Crippen LogP contribution in [0.1, 0.15) is 37.7 Å². The molecule has 2 aromatic carbocycles. The summed E-state index contributed by atoms with van der Waals surface area (Å²) in [5.41, 5.74) is 1.34. The zero-order chi connectivity index (χ0) is 32.5. The van der Waals surface area contributed by atoms with E-state index in [1.54, 1.807) is 32.4 Å². The fourth-order valence-corrected chi connectivity index (χ4v) is 10.2. The Morgan fingerprint density at radius 1 is 1.09 bits per heavy atom. The van der Waals surface area contributed by atoms with Crippen LogP contribution in [-0.4, -0.2) is 75.1 Å². The van der Waals surface area contributed by atoms with Gasteiger partial charge >= 0.3 is 6.09 Å². The monoisotopic (exact) mass is 708 g/mol. The molecule has 0 bridgehead atoms. The highest BCUT2D eigenvalue weighted by Gasteiger charge is 2.53. The van der Waals surface area contributed by atoms with Gasteiger partial charge in [0.05, 0.1) is 20.9 Å². The van der Waals surface area contributed by atoms with Gasteiger partial charge < -0.3 is 19.9 Å². The molecule has 3 heterocycles. The third-order valence-corrected chi connectivity index (χ3v) is 12.7. The van der Waals surface area contributed by atoms with E-state index in [0.717, 1.165) is 76.1 Å². The summed E-state index contributed by atoms with van der Waals surface area (Å²) < 4.78 is 33.9. The lowest BCUT2D eigenvalue weighted by molar-refractivity contribution is 0.0307. The summed E-state index contributed by atoms with van der Waals surface area (Å²) >= 11 is 3.30. The van der Waals surface area contributed by atoms with E-state index in [1.165, 1.54) is 4.68 Å². The van der Waals surface area contributed by atoms with E-state index in [-0.39, 0.29) is 27.9 Å². The van der Waals surface area contributed by atoms with Crippen LogP contribution in [0, 0.1) is 29.1 Å². The number of piperidine rings is 1. The van der Waals surface area contributed by atoms with Gasteiger partial charge in [-0.1, -0.05) is 30.3 Å². The van der Waals surface area contributed by atoms with Crippen molar-refractivity contribution in [2.24, 2.45) is 24.8 Å². The number of hydrogen-bond acceptors (Lipinski definition) is 8. The Morgan fingerprint density at radius 2 is 1.78 bits per heavy atom. The smallest absolute Gasteiger partial charge is 0.407 e. The van der Waals surface area contributed by atoms with Crippen LogP contribution >= 0.6 is 15.9 Å². The second-order valence-corrected chi connectivity index (χ2v) is 15.6. The molecule has 12 heteroatoms. The highest BCUT2D eigenvalue weighted by molar-refractivity contribution is 9.10. The van der Waals surface area contributed by atoms with Crippen molar-refractivity contribution in [3.8, 4) is 6.07 Å². The number of alkyl carbamates (subject to hydrolysis) is 1. The third-order valence-electron chi connectivity index (χ3n) is 10.2. The van der Waals surface area contributed by atoms with Crippen LogP contribution in [-0.2, 0) is 27.0 Å². The number of hydrogen-bond donors (Lipinski definition) is 1. The number of nitrogens with zero attached hydrogens (tertiary/aromatic N) is 5. The Labute approximate surface area is 279 Å². The normalized spacial score (nSPS) is 22.5. The molecule has 1 saturated carbocycles. The highest BCUT2D eigenvalue weighted by Crippen LogP contribution is 2.51. The molecular formula is C34H41BrN6O4S. The lowest BCUT2D eigenvalue weighted by Gasteiger charge is -2.47. The summed E-state index contributed by atoms with van der Waals surface area (Å²) in [4.78, 5) is 17.2. The summed E-state index contributed by atoms with van der Waals surface area (Å²) in [6.07, 6.45) is 5.36. The molecule has 1 aromatic heterocycles. The number of carbonyl (C=O) groups excluding carboxylic acids is 1. The van der Waals surface area contributed by atoms with Gasteiger partial charge in [0.25, 0.3) is 0 Å². The Kier molecular flexibility index (Phi) is 9.46. The van der Waals surface area contributed by atoms with E-state index >= 15 is 0 Å². The number of ether oxygens (including phenoxy) is 1. The van der Waals surface area contributed by atoms with E-state index < -0.39 is 21.3 Å². The molecule has 0 spiro atoms. The highest BCUT2D eigenvalue weighted by atomic mass is 79.9. The van der Waals surface area contributed by atoms with Crippen LogP contribution in [0.3, 0.4) is 0 Å². The van der Waals surface area contributed by atoms with Crippen molar-refractivity contribution in [2.45, 2.75) is 53.5 Å². The van der Waals surface area contributed by atoms with Gasteiger partial charge in [0.2, 0.25) is 9.84 Å². The van der Waals surface area contributed by atoms with Gasteiger partial charge in [-0.05, 0) is 96.9 Å². The maximum absolute atomic E-state index is 13.1. The second kappa shape index (κ2) is 13.4. The number of benzene rings is 2. The fraction of sp³-hybridized carbons (Fsp3) is 0.500. The number of halogens is 1. The molecule has 244 valence electrons. The molecule has 2 saturated heterocycles. The Balaban J connectivity index is 1.07. The van der Waals surface area contributed by atoms with Crippen molar-refractivity contribution >= 4 is 37.5 Å². The van der Waals surface area contributed by atoms with Crippen LogP contribution in [0.5, 0.6) is 0 Å². The maximum Gasteiger partial charge on any atom is 0.407 e. The van der Waals surface area contributed by atoms with Gasteiger partial charge in [0.1, 0.15) is 6.10 Å². The average molecular weight is 710 g/mol. The summed E-state index contributed by atoms with van der Waals surface area (Å²) in [6, 6.07) is 20.0. The van der Waals surface area contributed by atoms with Crippen LogP contribution in [0.2, 0.25) is 0 Å². The molecule has 3 fully saturated rings.